The van der Waals surface area contributed by atoms with Crippen molar-refractivity contribution in [2.24, 2.45) is 0 Å². The number of hydrogen-bond donors (Lipinski definition) is 1. The highest BCUT2D eigenvalue weighted by Crippen LogP contribution is 2.17. The summed E-state index contributed by atoms with van der Waals surface area (Å²) in [5, 5.41) is 3.45. The average molecular weight is 558 g/mol. The van der Waals surface area contributed by atoms with E-state index in [1.54, 1.807) is 86.8 Å². The van der Waals surface area contributed by atoms with Gasteiger partial charge in [0, 0.05) is 24.7 Å². The molecule has 1 atom stereocenters. The molecule has 0 spiro atoms. The van der Waals surface area contributed by atoms with Crippen LogP contribution in [0.2, 0.25) is 5.02 Å². The van der Waals surface area contributed by atoms with Crippen LogP contribution in [-0.2, 0) is 39.2 Å². The number of benzene rings is 3. The van der Waals surface area contributed by atoms with E-state index in [4.69, 9.17) is 16.3 Å². The molecule has 10 heteroatoms. The third-order valence-electron chi connectivity index (χ3n) is 6.04. The van der Waals surface area contributed by atoms with Crippen LogP contribution in [0.3, 0.4) is 0 Å². The van der Waals surface area contributed by atoms with Gasteiger partial charge in [-0.05, 0) is 47.9 Å². The summed E-state index contributed by atoms with van der Waals surface area (Å²) in [4.78, 5) is 28.1. The smallest absolute Gasteiger partial charge is 0.242 e. The predicted octanol–water partition coefficient (Wildman–Crippen LogP) is 3.84. The highest BCUT2D eigenvalue weighted by Gasteiger charge is 2.30. The maximum atomic E-state index is 13.6. The molecule has 202 valence electrons. The van der Waals surface area contributed by atoms with Crippen molar-refractivity contribution >= 4 is 33.4 Å². The van der Waals surface area contributed by atoms with E-state index in [1.807, 2.05) is 6.07 Å². The summed E-state index contributed by atoms with van der Waals surface area (Å²) in [6, 6.07) is 22.4. The van der Waals surface area contributed by atoms with Crippen molar-refractivity contribution in [1.29, 1.82) is 0 Å². The van der Waals surface area contributed by atoms with Gasteiger partial charge in [-0.2, -0.15) is 4.31 Å². The molecule has 0 saturated heterocycles. The van der Waals surface area contributed by atoms with Crippen molar-refractivity contribution in [3.8, 4) is 5.75 Å². The van der Waals surface area contributed by atoms with Crippen LogP contribution in [0.5, 0.6) is 5.75 Å². The first-order valence-electron chi connectivity index (χ1n) is 12.0. The first-order valence-corrected chi connectivity index (χ1v) is 14.2. The molecule has 0 radical (unpaired) electrons. The zero-order chi connectivity index (χ0) is 27.7. The molecule has 1 N–H and O–H groups in total. The highest BCUT2D eigenvalue weighted by molar-refractivity contribution is 7.88. The summed E-state index contributed by atoms with van der Waals surface area (Å²) >= 11 is 5.94. The van der Waals surface area contributed by atoms with Crippen LogP contribution in [0.1, 0.15) is 23.6 Å². The van der Waals surface area contributed by atoms with Crippen LogP contribution in [0.15, 0.2) is 78.9 Å². The standard InChI is InChI=1S/C28H32ClN3O5S/c1-21(28(34)30-17-22-9-13-25(29)14-10-22)32(19-24-11-15-26(37-2)16-12-24)27(33)20-31(38(3,35)36)18-23-7-5-4-6-8-23/h4-16,21H,17-20H2,1-3H3,(H,30,34)/t21-/m0/s1. The minimum absolute atomic E-state index is 0.0406. The van der Waals surface area contributed by atoms with Gasteiger partial charge in [0.25, 0.3) is 0 Å². The number of carbonyl (C=O) groups excluding carboxylic acids is 2. The van der Waals surface area contributed by atoms with Crippen molar-refractivity contribution in [3.05, 3.63) is 101 Å². The second-order valence-electron chi connectivity index (χ2n) is 8.91. The van der Waals surface area contributed by atoms with E-state index in [9.17, 15) is 18.0 Å². The Bertz CT molecular complexity index is 1320. The molecule has 3 aromatic rings. The molecular formula is C28H32ClN3O5S. The van der Waals surface area contributed by atoms with Crippen molar-refractivity contribution in [2.45, 2.75) is 32.6 Å². The predicted molar refractivity (Wildman–Crippen MR) is 148 cm³/mol. The quantitative estimate of drug-likeness (QED) is 0.365. The topological polar surface area (TPSA) is 96.0 Å². The van der Waals surface area contributed by atoms with E-state index in [-0.39, 0.29) is 25.5 Å². The molecule has 0 aromatic heterocycles. The van der Waals surface area contributed by atoms with Gasteiger partial charge in [0.05, 0.1) is 19.9 Å². The van der Waals surface area contributed by atoms with Gasteiger partial charge in [-0.15, -0.1) is 0 Å². The molecule has 0 aliphatic heterocycles. The lowest BCUT2D eigenvalue weighted by Gasteiger charge is -2.31. The summed E-state index contributed by atoms with van der Waals surface area (Å²) in [5.74, 6) is -0.196. The molecule has 0 bridgehead atoms. The number of halogens is 1. The van der Waals surface area contributed by atoms with Gasteiger partial charge in [0.1, 0.15) is 11.8 Å². The molecule has 0 saturated carbocycles. The van der Waals surface area contributed by atoms with E-state index in [2.05, 4.69) is 5.32 Å². The molecule has 8 nitrogen and oxygen atoms in total. The summed E-state index contributed by atoms with van der Waals surface area (Å²) < 4.78 is 31.4. The number of nitrogens with one attached hydrogen (secondary N) is 1. The Labute approximate surface area is 229 Å². The van der Waals surface area contributed by atoms with Crippen LogP contribution in [0, 0.1) is 0 Å². The van der Waals surface area contributed by atoms with Crippen LogP contribution >= 0.6 is 11.6 Å². The monoisotopic (exact) mass is 557 g/mol. The number of nitrogens with zero attached hydrogens (tertiary/aromatic N) is 2. The van der Waals surface area contributed by atoms with Crippen molar-refractivity contribution in [2.75, 3.05) is 19.9 Å². The second kappa shape index (κ2) is 13.4. The first-order chi connectivity index (χ1) is 18.1. The Hall–Kier alpha value is -3.40. The zero-order valence-corrected chi connectivity index (χ0v) is 23.2. The SMILES string of the molecule is COc1ccc(CN(C(=O)CN(Cc2ccccc2)S(C)(=O)=O)[C@@H](C)C(=O)NCc2ccc(Cl)cc2)cc1. The molecule has 0 fully saturated rings. The maximum absolute atomic E-state index is 13.6. The van der Waals surface area contributed by atoms with Crippen LogP contribution in [0.4, 0.5) is 0 Å². The van der Waals surface area contributed by atoms with E-state index >= 15 is 0 Å². The minimum atomic E-state index is -3.71. The second-order valence-corrected chi connectivity index (χ2v) is 11.3. The van der Waals surface area contributed by atoms with E-state index in [1.165, 1.54) is 4.90 Å². The largest absolute Gasteiger partial charge is 0.497 e. The summed E-state index contributed by atoms with van der Waals surface area (Å²) in [6.45, 7) is 1.63. The third-order valence-corrected chi connectivity index (χ3v) is 7.49. The summed E-state index contributed by atoms with van der Waals surface area (Å²) in [6.07, 6.45) is 1.07. The van der Waals surface area contributed by atoms with E-state index in [0.29, 0.717) is 10.8 Å². The lowest BCUT2D eigenvalue weighted by atomic mass is 10.1. The number of rotatable bonds is 12. The molecule has 0 aliphatic rings. The van der Waals surface area contributed by atoms with E-state index < -0.39 is 28.5 Å². The van der Waals surface area contributed by atoms with Gasteiger partial charge >= 0.3 is 0 Å². The molecule has 38 heavy (non-hydrogen) atoms. The fourth-order valence-corrected chi connectivity index (χ4v) is 4.62. The van der Waals surface area contributed by atoms with Crippen molar-refractivity contribution < 1.29 is 22.7 Å². The van der Waals surface area contributed by atoms with Crippen LogP contribution in [-0.4, -0.2) is 55.4 Å². The number of hydrogen-bond acceptors (Lipinski definition) is 5. The normalized spacial score (nSPS) is 12.1. The molecule has 0 unspecified atom stereocenters. The van der Waals surface area contributed by atoms with Gasteiger partial charge in [-0.25, -0.2) is 8.42 Å². The Morgan fingerprint density at radius 2 is 1.47 bits per heavy atom. The Kier molecular flexibility index (Phi) is 10.3. The number of sulfonamides is 1. The van der Waals surface area contributed by atoms with Crippen LogP contribution in [0.25, 0.3) is 0 Å². The fourth-order valence-electron chi connectivity index (χ4n) is 3.77. The number of ether oxygens (including phenoxy) is 1. The maximum Gasteiger partial charge on any atom is 0.242 e. The lowest BCUT2D eigenvalue weighted by molar-refractivity contribution is -0.140. The Morgan fingerprint density at radius 1 is 0.895 bits per heavy atom. The highest BCUT2D eigenvalue weighted by atomic mass is 35.5. The first kappa shape index (κ1) is 29.2. The van der Waals surface area contributed by atoms with Gasteiger partial charge in [0.15, 0.2) is 0 Å². The number of amides is 2. The molecule has 3 aromatic carbocycles. The third kappa shape index (κ3) is 8.58. The number of methoxy groups -OCH3 is 1. The Morgan fingerprint density at radius 3 is 2.05 bits per heavy atom. The van der Waals surface area contributed by atoms with Crippen LogP contribution < -0.4 is 10.1 Å². The molecule has 0 heterocycles. The molecule has 3 rings (SSSR count). The summed E-state index contributed by atoms with van der Waals surface area (Å²) in [7, 11) is -2.15. The molecule has 2 amide bonds. The van der Waals surface area contributed by atoms with Gasteiger partial charge in [-0.1, -0.05) is 66.2 Å². The molecular weight excluding hydrogens is 526 g/mol. The van der Waals surface area contributed by atoms with Gasteiger partial charge in [-0.3, -0.25) is 9.59 Å². The van der Waals surface area contributed by atoms with E-state index in [0.717, 1.165) is 27.3 Å². The lowest BCUT2D eigenvalue weighted by Crippen LogP contribution is -2.50. The molecule has 0 aliphatic carbocycles. The van der Waals surface area contributed by atoms with Crippen molar-refractivity contribution in [1.82, 2.24) is 14.5 Å². The summed E-state index contributed by atoms with van der Waals surface area (Å²) in [5.41, 5.74) is 2.38. The zero-order valence-electron chi connectivity index (χ0n) is 21.6. The Balaban J connectivity index is 1.81. The minimum Gasteiger partial charge on any atom is -0.497 e. The van der Waals surface area contributed by atoms with Gasteiger partial charge < -0.3 is 15.0 Å². The van der Waals surface area contributed by atoms with Gasteiger partial charge in [0.2, 0.25) is 21.8 Å². The average Bonchev–Trinajstić information content (AvgIpc) is 2.90. The number of carbonyl (C=O) groups is 2. The van der Waals surface area contributed by atoms with Crippen molar-refractivity contribution in [3.63, 3.8) is 0 Å². The fraction of sp³-hybridized carbons (Fsp3) is 0.286.